The van der Waals surface area contributed by atoms with Crippen LogP contribution in [0.4, 0.5) is 0 Å². The summed E-state index contributed by atoms with van der Waals surface area (Å²) in [5.41, 5.74) is 7.72. The number of nitrogens with zero attached hydrogens (tertiary/aromatic N) is 1. The van der Waals surface area contributed by atoms with Crippen molar-refractivity contribution < 1.29 is 4.42 Å². The molecule has 1 aromatic rings. The Kier molecular flexibility index (Phi) is 4.85. The smallest absolute Gasteiger partial charge is 0.256 e. The third-order valence-corrected chi connectivity index (χ3v) is 6.34. The molecular weight excluding hydrogens is 268 g/mol. The van der Waals surface area contributed by atoms with Gasteiger partial charge in [0.25, 0.3) is 5.22 Å². The number of hydrogen-bond acceptors (Lipinski definition) is 4. The van der Waals surface area contributed by atoms with E-state index in [0.717, 1.165) is 29.0 Å². The summed E-state index contributed by atoms with van der Waals surface area (Å²) < 4.78 is 5.71. The van der Waals surface area contributed by atoms with E-state index in [4.69, 9.17) is 10.2 Å². The van der Waals surface area contributed by atoms with E-state index < -0.39 is 0 Å². The predicted molar refractivity (Wildman–Crippen MR) is 85.0 cm³/mol. The van der Waals surface area contributed by atoms with E-state index in [1.165, 1.54) is 19.3 Å². The number of rotatable bonds is 4. The van der Waals surface area contributed by atoms with E-state index in [0.29, 0.717) is 10.7 Å². The number of aryl methyl sites for hydroxylation is 2. The second kappa shape index (κ2) is 6.10. The molecule has 3 atom stereocenters. The molecule has 0 aliphatic heterocycles. The average Bonchev–Trinajstić information content (AvgIpc) is 2.71. The second-order valence-corrected chi connectivity index (χ2v) is 7.98. The van der Waals surface area contributed by atoms with Gasteiger partial charge in [-0.3, -0.25) is 0 Å². The molecule has 1 aliphatic carbocycles. The minimum absolute atomic E-state index is 0.261. The van der Waals surface area contributed by atoms with Crippen LogP contribution in [0, 0.1) is 25.2 Å². The zero-order valence-corrected chi connectivity index (χ0v) is 14.2. The summed E-state index contributed by atoms with van der Waals surface area (Å²) in [6.45, 7) is 11.0. The van der Waals surface area contributed by atoms with E-state index in [1.807, 2.05) is 13.8 Å². The molecule has 1 aromatic heterocycles. The first kappa shape index (κ1) is 15.9. The van der Waals surface area contributed by atoms with Crippen molar-refractivity contribution in [1.82, 2.24) is 4.98 Å². The number of thioether (sulfide) groups is 1. The summed E-state index contributed by atoms with van der Waals surface area (Å²) in [5.74, 6) is 1.67. The van der Waals surface area contributed by atoms with E-state index in [-0.39, 0.29) is 6.04 Å². The number of oxazole rings is 1. The Morgan fingerprint density at radius 3 is 2.60 bits per heavy atom. The van der Waals surface area contributed by atoms with Crippen molar-refractivity contribution in [3.63, 3.8) is 0 Å². The summed E-state index contributed by atoms with van der Waals surface area (Å²) in [6, 6.07) is 0.261. The maximum absolute atomic E-state index is 6.33. The van der Waals surface area contributed by atoms with Crippen LogP contribution in [0.2, 0.25) is 0 Å². The maximum atomic E-state index is 6.33. The summed E-state index contributed by atoms with van der Waals surface area (Å²) >= 11 is 1.74. The Bertz CT molecular complexity index is 436. The van der Waals surface area contributed by atoms with Crippen LogP contribution in [-0.4, -0.2) is 16.3 Å². The second-order valence-electron chi connectivity index (χ2n) is 6.79. The van der Waals surface area contributed by atoms with Gasteiger partial charge in [0.15, 0.2) is 0 Å². The lowest BCUT2D eigenvalue weighted by molar-refractivity contribution is 0.148. The number of nitrogens with two attached hydrogens (primary N) is 1. The van der Waals surface area contributed by atoms with Gasteiger partial charge in [-0.2, -0.15) is 0 Å². The summed E-state index contributed by atoms with van der Waals surface area (Å²) in [7, 11) is 0. The minimum Gasteiger partial charge on any atom is -0.437 e. The third-order valence-electron chi connectivity index (χ3n) is 5.12. The molecule has 0 spiro atoms. The SMILES string of the molecule is CCC(C)(C)C1CCC(N)C(Sc2nc(C)c(C)o2)C1. The molecule has 114 valence electrons. The van der Waals surface area contributed by atoms with Gasteiger partial charge in [0.05, 0.1) is 5.69 Å². The van der Waals surface area contributed by atoms with Crippen LogP contribution in [0.25, 0.3) is 0 Å². The van der Waals surface area contributed by atoms with Crippen molar-refractivity contribution in [2.24, 2.45) is 17.1 Å². The Labute approximate surface area is 127 Å². The lowest BCUT2D eigenvalue weighted by atomic mass is 9.69. The third kappa shape index (κ3) is 3.40. The van der Waals surface area contributed by atoms with Crippen molar-refractivity contribution in [2.75, 3.05) is 0 Å². The van der Waals surface area contributed by atoms with E-state index in [2.05, 4.69) is 25.8 Å². The van der Waals surface area contributed by atoms with Crippen LogP contribution < -0.4 is 5.73 Å². The molecule has 2 rings (SSSR count). The van der Waals surface area contributed by atoms with Crippen LogP contribution in [0.15, 0.2) is 9.64 Å². The molecule has 0 bridgehead atoms. The molecule has 0 amide bonds. The number of aromatic nitrogens is 1. The average molecular weight is 296 g/mol. The van der Waals surface area contributed by atoms with Crippen molar-refractivity contribution in [3.8, 4) is 0 Å². The minimum atomic E-state index is 0.261. The highest BCUT2D eigenvalue weighted by molar-refractivity contribution is 7.99. The van der Waals surface area contributed by atoms with E-state index >= 15 is 0 Å². The summed E-state index contributed by atoms with van der Waals surface area (Å²) in [4.78, 5) is 4.49. The molecule has 1 fully saturated rings. The van der Waals surface area contributed by atoms with Crippen LogP contribution in [-0.2, 0) is 0 Å². The first-order valence-corrected chi connectivity index (χ1v) is 8.57. The zero-order valence-electron chi connectivity index (χ0n) is 13.4. The van der Waals surface area contributed by atoms with Gasteiger partial charge in [-0.25, -0.2) is 4.98 Å². The highest BCUT2D eigenvalue weighted by Gasteiger charge is 2.37. The van der Waals surface area contributed by atoms with Crippen LogP contribution in [0.1, 0.15) is 57.9 Å². The highest BCUT2D eigenvalue weighted by Crippen LogP contribution is 2.44. The van der Waals surface area contributed by atoms with Crippen LogP contribution in [0.3, 0.4) is 0 Å². The van der Waals surface area contributed by atoms with E-state index in [1.54, 1.807) is 11.8 Å². The largest absolute Gasteiger partial charge is 0.437 e. The lowest BCUT2D eigenvalue weighted by Crippen LogP contribution is -2.42. The number of hydrogen-bond donors (Lipinski definition) is 1. The van der Waals surface area contributed by atoms with Crippen molar-refractivity contribution >= 4 is 11.8 Å². The highest BCUT2D eigenvalue weighted by atomic mass is 32.2. The zero-order chi connectivity index (χ0) is 14.9. The molecule has 3 unspecified atom stereocenters. The topological polar surface area (TPSA) is 52.0 Å². The van der Waals surface area contributed by atoms with Gasteiger partial charge in [-0.15, -0.1) is 0 Å². The maximum Gasteiger partial charge on any atom is 0.256 e. The standard InChI is InChI=1S/C16H28N2OS/c1-6-16(4,5)12-7-8-13(17)14(9-12)20-15-18-10(2)11(3)19-15/h12-14H,6-9,17H2,1-5H3. The van der Waals surface area contributed by atoms with Gasteiger partial charge in [0, 0.05) is 11.3 Å². The molecular formula is C16H28N2OS. The lowest BCUT2D eigenvalue weighted by Gasteiger charge is -2.41. The monoisotopic (exact) mass is 296 g/mol. The fourth-order valence-electron chi connectivity index (χ4n) is 2.91. The molecule has 4 heteroatoms. The van der Waals surface area contributed by atoms with Crippen molar-refractivity contribution in [3.05, 3.63) is 11.5 Å². The fourth-order valence-corrected chi connectivity index (χ4v) is 4.17. The van der Waals surface area contributed by atoms with Crippen LogP contribution in [0.5, 0.6) is 0 Å². The van der Waals surface area contributed by atoms with Gasteiger partial charge >= 0.3 is 0 Å². The van der Waals surface area contributed by atoms with E-state index in [9.17, 15) is 0 Å². The molecule has 1 saturated carbocycles. The van der Waals surface area contributed by atoms with Gasteiger partial charge in [0.2, 0.25) is 0 Å². The Morgan fingerprint density at radius 2 is 2.05 bits per heavy atom. The van der Waals surface area contributed by atoms with Crippen molar-refractivity contribution in [1.29, 1.82) is 0 Å². The fraction of sp³-hybridized carbons (Fsp3) is 0.812. The van der Waals surface area contributed by atoms with Gasteiger partial charge in [-0.1, -0.05) is 39.0 Å². The molecule has 1 aliphatic rings. The first-order chi connectivity index (χ1) is 9.33. The molecule has 0 saturated heterocycles. The summed E-state index contributed by atoms with van der Waals surface area (Å²) in [5, 5.41) is 1.22. The molecule has 1 heterocycles. The first-order valence-electron chi connectivity index (χ1n) is 7.69. The van der Waals surface area contributed by atoms with Crippen molar-refractivity contribution in [2.45, 2.75) is 76.8 Å². The van der Waals surface area contributed by atoms with Gasteiger partial charge in [-0.05, 0) is 44.4 Å². The molecule has 3 nitrogen and oxygen atoms in total. The van der Waals surface area contributed by atoms with Crippen LogP contribution >= 0.6 is 11.8 Å². The van der Waals surface area contributed by atoms with Gasteiger partial charge < -0.3 is 10.2 Å². The Hall–Kier alpha value is -0.480. The predicted octanol–water partition coefficient (Wildman–Crippen LogP) is 4.32. The molecule has 0 radical (unpaired) electrons. The quantitative estimate of drug-likeness (QED) is 0.899. The Morgan fingerprint density at radius 1 is 1.35 bits per heavy atom. The normalized spacial score (nSPS) is 27.8. The van der Waals surface area contributed by atoms with Gasteiger partial charge in [0.1, 0.15) is 5.76 Å². The molecule has 20 heavy (non-hydrogen) atoms. The molecule has 2 N–H and O–H groups in total. The Balaban J connectivity index is 2.05. The molecule has 0 aromatic carbocycles. The summed E-state index contributed by atoms with van der Waals surface area (Å²) in [6.07, 6.45) is 4.77.